The Kier molecular flexibility index (Phi) is 6.47. The Bertz CT molecular complexity index is 1000. The predicted molar refractivity (Wildman–Crippen MR) is 120 cm³/mol. The number of amides is 3. The summed E-state index contributed by atoms with van der Waals surface area (Å²) in [5.41, 5.74) is 0.126. The lowest BCUT2D eigenvalue weighted by Gasteiger charge is -2.44. The van der Waals surface area contributed by atoms with E-state index in [1.165, 1.54) is 12.1 Å². The number of rotatable bonds is 3. The van der Waals surface area contributed by atoms with Crippen LogP contribution in [0.3, 0.4) is 0 Å². The number of urea groups is 1. The van der Waals surface area contributed by atoms with Gasteiger partial charge >= 0.3 is 12.2 Å². The molecular weight excluding hydrogens is 455 g/mol. The Labute approximate surface area is 194 Å². The number of nitrogens with one attached hydrogen (secondary N) is 1. The Balaban J connectivity index is 1.39. The average Bonchev–Trinajstić information content (AvgIpc) is 3.21. The van der Waals surface area contributed by atoms with E-state index in [0.29, 0.717) is 43.9 Å². The van der Waals surface area contributed by atoms with E-state index in [1.807, 2.05) is 0 Å². The molecule has 10 heteroatoms. The summed E-state index contributed by atoms with van der Waals surface area (Å²) in [6.45, 7) is 1.49. The second-order valence-electron chi connectivity index (χ2n) is 7.97. The smallest absolute Gasteiger partial charge is 0.416 e. The molecule has 2 heterocycles. The molecule has 33 heavy (non-hydrogen) atoms. The molecule has 6 nitrogen and oxygen atoms in total. The first-order valence-electron chi connectivity index (χ1n) is 10.5. The van der Waals surface area contributed by atoms with Crippen LogP contribution in [-0.2, 0) is 6.18 Å². The summed E-state index contributed by atoms with van der Waals surface area (Å²) in [5, 5.41) is 2.87. The molecule has 176 valence electrons. The molecule has 0 unspecified atom stereocenters. The second kappa shape index (κ2) is 9.17. The van der Waals surface area contributed by atoms with Gasteiger partial charge in [-0.1, -0.05) is 0 Å². The summed E-state index contributed by atoms with van der Waals surface area (Å²) in [6.07, 6.45) is -3.24. The number of hydrogen-bond acceptors (Lipinski definition) is 4. The predicted octanol–water partition coefficient (Wildman–Crippen LogP) is 4.93. The number of alkyl halides is 3. The second-order valence-corrected chi connectivity index (χ2v) is 9.43. The molecule has 4 rings (SSSR count). The zero-order valence-electron chi connectivity index (χ0n) is 18.0. The highest BCUT2D eigenvalue weighted by molar-refractivity contribution is 8.00. The van der Waals surface area contributed by atoms with Crippen LogP contribution in [0.5, 0.6) is 5.75 Å². The molecule has 1 spiro atoms. The minimum atomic E-state index is -4.44. The van der Waals surface area contributed by atoms with Gasteiger partial charge in [-0.15, -0.1) is 11.8 Å². The van der Waals surface area contributed by atoms with Crippen molar-refractivity contribution in [3.8, 4) is 5.75 Å². The number of piperidine rings is 1. The molecule has 0 saturated carbocycles. The summed E-state index contributed by atoms with van der Waals surface area (Å²) in [7, 11) is 1.57. The molecule has 0 aromatic heterocycles. The van der Waals surface area contributed by atoms with Crippen molar-refractivity contribution >= 4 is 29.4 Å². The van der Waals surface area contributed by atoms with Gasteiger partial charge in [-0.05, 0) is 61.4 Å². The van der Waals surface area contributed by atoms with Crippen molar-refractivity contribution in [3.05, 3.63) is 59.7 Å². The van der Waals surface area contributed by atoms with Crippen molar-refractivity contribution in [3.63, 3.8) is 0 Å². The van der Waals surface area contributed by atoms with Gasteiger partial charge in [0.2, 0.25) is 0 Å². The molecule has 2 saturated heterocycles. The van der Waals surface area contributed by atoms with Gasteiger partial charge in [0.15, 0.2) is 0 Å². The molecule has 0 aliphatic carbocycles. The van der Waals surface area contributed by atoms with Crippen LogP contribution >= 0.6 is 11.8 Å². The monoisotopic (exact) mass is 479 g/mol. The van der Waals surface area contributed by atoms with E-state index in [-0.39, 0.29) is 17.5 Å². The van der Waals surface area contributed by atoms with Crippen LogP contribution in [0.15, 0.2) is 48.5 Å². The van der Waals surface area contributed by atoms with Crippen molar-refractivity contribution in [2.45, 2.75) is 23.9 Å². The number of carbonyl (C=O) groups excluding carboxylic acids is 2. The van der Waals surface area contributed by atoms with Crippen LogP contribution in [0.25, 0.3) is 0 Å². The summed E-state index contributed by atoms with van der Waals surface area (Å²) in [5.74, 6) is 1.18. The van der Waals surface area contributed by atoms with E-state index in [1.54, 1.807) is 52.9 Å². The molecule has 2 aromatic rings. The van der Waals surface area contributed by atoms with Crippen LogP contribution in [0.4, 0.5) is 23.7 Å². The molecule has 0 bridgehead atoms. The fourth-order valence-corrected chi connectivity index (χ4v) is 5.66. The zero-order chi connectivity index (χ0) is 23.6. The molecule has 2 fully saturated rings. The van der Waals surface area contributed by atoms with Crippen LogP contribution in [0, 0.1) is 0 Å². The number of benzene rings is 2. The molecule has 0 radical (unpaired) electrons. The van der Waals surface area contributed by atoms with Gasteiger partial charge in [-0.3, -0.25) is 4.79 Å². The number of likely N-dealkylation sites (tertiary alicyclic amines) is 1. The van der Waals surface area contributed by atoms with E-state index in [4.69, 9.17) is 4.74 Å². The lowest BCUT2D eigenvalue weighted by Crippen LogP contribution is -2.54. The van der Waals surface area contributed by atoms with Crippen LogP contribution in [0.1, 0.15) is 28.8 Å². The maximum atomic E-state index is 13.1. The van der Waals surface area contributed by atoms with E-state index >= 15 is 0 Å². The van der Waals surface area contributed by atoms with Gasteiger partial charge in [-0.25, -0.2) is 4.79 Å². The largest absolute Gasteiger partial charge is 0.497 e. The van der Waals surface area contributed by atoms with Crippen molar-refractivity contribution in [1.82, 2.24) is 9.80 Å². The number of methoxy groups -OCH3 is 1. The normalized spacial score (nSPS) is 17.8. The summed E-state index contributed by atoms with van der Waals surface area (Å²) < 4.78 is 43.6. The van der Waals surface area contributed by atoms with Gasteiger partial charge < -0.3 is 19.9 Å². The van der Waals surface area contributed by atoms with E-state index in [9.17, 15) is 22.8 Å². The van der Waals surface area contributed by atoms with Gasteiger partial charge in [0.05, 0.1) is 17.5 Å². The topological polar surface area (TPSA) is 61.9 Å². The molecule has 2 aromatic carbocycles. The maximum absolute atomic E-state index is 13.1. The fourth-order valence-electron chi connectivity index (χ4n) is 4.20. The molecule has 3 amide bonds. The SMILES string of the molecule is COc1ccc(NC(=O)N2CCC3(CC2)SCCN3C(=O)c2ccc(C(F)(F)F)cc2)cc1. The van der Waals surface area contributed by atoms with Crippen molar-refractivity contribution < 1.29 is 27.5 Å². The number of anilines is 1. The highest BCUT2D eigenvalue weighted by Gasteiger charge is 2.47. The lowest BCUT2D eigenvalue weighted by molar-refractivity contribution is -0.137. The molecular formula is C23H24F3N3O3S. The highest BCUT2D eigenvalue weighted by atomic mass is 32.2. The number of carbonyl (C=O) groups is 2. The third-order valence-corrected chi connectivity index (χ3v) is 7.61. The quantitative estimate of drug-likeness (QED) is 0.679. The Hall–Kier alpha value is -2.88. The third kappa shape index (κ3) is 4.90. The van der Waals surface area contributed by atoms with Gasteiger partial charge in [0.1, 0.15) is 5.75 Å². The first-order valence-corrected chi connectivity index (χ1v) is 11.5. The van der Waals surface area contributed by atoms with E-state index in [0.717, 1.165) is 17.9 Å². The standard InChI is InChI=1S/C23H24F3N3O3S/c1-32-19-8-6-18(7-9-19)27-21(31)28-12-10-22(11-13-28)29(14-15-33-22)20(30)16-2-4-17(5-3-16)23(24,25)26/h2-9H,10-15H2,1H3,(H,27,31). The molecule has 2 aliphatic heterocycles. The summed E-state index contributed by atoms with van der Waals surface area (Å²) >= 11 is 1.68. The minimum absolute atomic E-state index is 0.210. The first kappa shape index (κ1) is 23.3. The maximum Gasteiger partial charge on any atom is 0.416 e. The highest BCUT2D eigenvalue weighted by Crippen LogP contribution is 2.44. The Morgan fingerprint density at radius 2 is 1.64 bits per heavy atom. The van der Waals surface area contributed by atoms with Crippen molar-refractivity contribution in [2.75, 3.05) is 37.8 Å². The molecule has 2 aliphatic rings. The van der Waals surface area contributed by atoms with Crippen molar-refractivity contribution in [2.24, 2.45) is 0 Å². The van der Waals surface area contributed by atoms with E-state index < -0.39 is 16.6 Å². The van der Waals surface area contributed by atoms with E-state index in [2.05, 4.69) is 5.32 Å². The van der Waals surface area contributed by atoms with Crippen LogP contribution in [0.2, 0.25) is 0 Å². The number of nitrogens with zero attached hydrogens (tertiary/aromatic N) is 2. The fraction of sp³-hybridized carbons (Fsp3) is 0.391. The molecule has 1 N–H and O–H groups in total. The van der Waals surface area contributed by atoms with Gasteiger partial charge in [-0.2, -0.15) is 13.2 Å². The Morgan fingerprint density at radius 1 is 1.00 bits per heavy atom. The summed E-state index contributed by atoms with van der Waals surface area (Å²) in [6, 6.07) is 11.2. The zero-order valence-corrected chi connectivity index (χ0v) is 18.8. The first-order chi connectivity index (χ1) is 15.7. The Morgan fingerprint density at radius 3 is 2.21 bits per heavy atom. The number of thioether (sulfide) groups is 1. The molecule has 0 atom stereocenters. The van der Waals surface area contributed by atoms with Crippen LogP contribution in [-0.4, -0.2) is 59.1 Å². The third-order valence-electron chi connectivity index (χ3n) is 6.06. The van der Waals surface area contributed by atoms with Gasteiger partial charge in [0.25, 0.3) is 5.91 Å². The van der Waals surface area contributed by atoms with Gasteiger partial charge in [0, 0.05) is 36.6 Å². The van der Waals surface area contributed by atoms with Crippen molar-refractivity contribution in [1.29, 1.82) is 0 Å². The lowest BCUT2D eigenvalue weighted by atomic mass is 10.0. The number of ether oxygens (including phenoxy) is 1. The average molecular weight is 480 g/mol. The number of hydrogen-bond donors (Lipinski definition) is 1. The minimum Gasteiger partial charge on any atom is -0.497 e. The summed E-state index contributed by atoms with van der Waals surface area (Å²) in [4.78, 5) is 28.8. The van der Waals surface area contributed by atoms with Crippen LogP contribution < -0.4 is 10.1 Å². The number of halogens is 3.